The molecule has 0 radical (unpaired) electrons. The van der Waals surface area contributed by atoms with Crippen LogP contribution in [0.3, 0.4) is 0 Å². The number of rotatable bonds is 6. The average molecular weight is 509 g/mol. The SMILES string of the molecule is Nc1c(S(=O)(=O)O)cc2cc(S(=O)(=O)O)c(N=Nc3ccccc3[N+](=O)C3CC3)c(O)c2c1O. The fourth-order valence-electron chi connectivity index (χ4n) is 3.34. The van der Waals surface area contributed by atoms with Gasteiger partial charge in [0.2, 0.25) is 6.04 Å². The molecule has 3 aromatic carbocycles. The highest BCUT2D eigenvalue weighted by atomic mass is 32.2. The minimum atomic E-state index is -5.06. The Hall–Kier alpha value is -3.66. The van der Waals surface area contributed by atoms with Gasteiger partial charge in [0.05, 0.1) is 11.1 Å². The van der Waals surface area contributed by atoms with Gasteiger partial charge in [0.25, 0.3) is 25.9 Å². The molecule has 0 heterocycles. The molecule has 3 aromatic rings. The number of nitroso groups, excluding NO2 is 1. The summed E-state index contributed by atoms with van der Waals surface area (Å²) in [5, 5.41) is 27.8. The third kappa shape index (κ3) is 4.16. The Morgan fingerprint density at radius 1 is 0.912 bits per heavy atom. The number of hydrogen-bond acceptors (Lipinski definition) is 10. The van der Waals surface area contributed by atoms with Gasteiger partial charge >= 0.3 is 0 Å². The molecule has 0 aliphatic heterocycles. The zero-order valence-electron chi connectivity index (χ0n) is 17.0. The van der Waals surface area contributed by atoms with Gasteiger partial charge in [-0.25, -0.2) is 0 Å². The van der Waals surface area contributed by atoms with Gasteiger partial charge in [0.1, 0.15) is 15.5 Å². The van der Waals surface area contributed by atoms with E-state index in [1.54, 1.807) is 12.1 Å². The lowest BCUT2D eigenvalue weighted by Gasteiger charge is -2.13. The molecule has 4 rings (SSSR count). The maximum absolute atomic E-state index is 12.4. The van der Waals surface area contributed by atoms with Gasteiger partial charge in [-0.3, -0.25) is 9.11 Å². The molecule has 34 heavy (non-hydrogen) atoms. The predicted octanol–water partition coefficient (Wildman–Crippen LogP) is 3.31. The summed E-state index contributed by atoms with van der Waals surface area (Å²) in [7, 11) is -10.00. The van der Waals surface area contributed by atoms with E-state index in [2.05, 4.69) is 10.2 Å². The highest BCUT2D eigenvalue weighted by molar-refractivity contribution is 7.86. The molecule has 178 valence electrons. The van der Waals surface area contributed by atoms with Crippen LogP contribution in [0, 0.1) is 4.91 Å². The van der Waals surface area contributed by atoms with Crippen LogP contribution in [0.4, 0.5) is 22.7 Å². The maximum atomic E-state index is 12.4. The molecule has 1 aliphatic carbocycles. The third-order valence-corrected chi connectivity index (χ3v) is 6.89. The van der Waals surface area contributed by atoms with Crippen molar-refractivity contribution in [3.8, 4) is 11.5 Å². The van der Waals surface area contributed by atoms with Crippen LogP contribution in [0.2, 0.25) is 0 Å². The number of nitrogens with zero attached hydrogens (tertiary/aromatic N) is 3. The quantitative estimate of drug-likeness (QED) is 0.107. The van der Waals surface area contributed by atoms with E-state index in [-0.39, 0.29) is 17.4 Å². The topological polar surface area (TPSA) is 220 Å². The summed E-state index contributed by atoms with van der Waals surface area (Å²) in [5.41, 5.74) is 4.13. The normalized spacial score (nSPS) is 14.6. The molecular formula is C19H17N4O9S2+. The Labute approximate surface area is 192 Å². The summed E-state index contributed by atoms with van der Waals surface area (Å²) in [6, 6.07) is 7.23. The van der Waals surface area contributed by atoms with E-state index >= 15 is 0 Å². The number of aromatic hydroxyl groups is 2. The number of phenolic OH excluding ortho intramolecular Hbond substituents is 2. The second-order valence-electron chi connectivity index (χ2n) is 7.50. The highest BCUT2D eigenvalue weighted by Crippen LogP contribution is 2.48. The molecule has 1 saturated carbocycles. The van der Waals surface area contributed by atoms with Gasteiger partial charge in [-0.2, -0.15) is 16.8 Å². The molecule has 0 spiro atoms. The van der Waals surface area contributed by atoms with Gasteiger partial charge in [-0.15, -0.1) is 10.2 Å². The minimum absolute atomic E-state index is 0.0376. The number of anilines is 1. The monoisotopic (exact) mass is 509 g/mol. The van der Waals surface area contributed by atoms with E-state index < -0.39 is 63.7 Å². The van der Waals surface area contributed by atoms with Crippen LogP contribution in [-0.2, 0) is 20.2 Å². The van der Waals surface area contributed by atoms with Gasteiger partial charge in [0.15, 0.2) is 17.2 Å². The maximum Gasteiger partial charge on any atom is 0.296 e. The minimum Gasteiger partial charge on any atom is -0.505 e. The lowest BCUT2D eigenvalue weighted by molar-refractivity contribution is -0.477. The van der Waals surface area contributed by atoms with E-state index in [0.717, 1.165) is 4.76 Å². The van der Waals surface area contributed by atoms with Gasteiger partial charge < -0.3 is 15.9 Å². The summed E-state index contributed by atoms with van der Waals surface area (Å²) in [6.45, 7) is 0. The number of azo groups is 1. The van der Waals surface area contributed by atoms with Crippen molar-refractivity contribution in [2.45, 2.75) is 28.7 Å². The molecule has 0 atom stereocenters. The summed E-state index contributed by atoms with van der Waals surface area (Å²) < 4.78 is 66.8. The molecule has 1 fully saturated rings. The van der Waals surface area contributed by atoms with Crippen LogP contribution in [0.25, 0.3) is 10.8 Å². The second-order valence-corrected chi connectivity index (χ2v) is 10.3. The molecule has 0 unspecified atom stereocenters. The number of nitrogens with two attached hydrogens (primary N) is 1. The molecule has 0 saturated heterocycles. The van der Waals surface area contributed by atoms with Crippen LogP contribution in [0.5, 0.6) is 11.5 Å². The molecule has 15 heteroatoms. The van der Waals surface area contributed by atoms with Crippen molar-refractivity contribution in [1.29, 1.82) is 0 Å². The first-order valence-electron chi connectivity index (χ1n) is 9.54. The van der Waals surface area contributed by atoms with Crippen LogP contribution < -0.4 is 5.73 Å². The lowest BCUT2D eigenvalue weighted by Crippen LogP contribution is -2.05. The van der Waals surface area contributed by atoms with E-state index in [1.807, 2.05) is 0 Å². The first kappa shape index (κ1) is 23.5. The molecule has 0 aromatic heterocycles. The fourth-order valence-corrected chi connectivity index (χ4v) is 4.65. The van der Waals surface area contributed by atoms with Crippen LogP contribution in [-0.4, -0.2) is 47.0 Å². The van der Waals surface area contributed by atoms with Crippen molar-refractivity contribution in [3.05, 3.63) is 41.3 Å². The molecule has 0 bridgehead atoms. The third-order valence-electron chi connectivity index (χ3n) is 5.12. The Morgan fingerprint density at radius 3 is 2.09 bits per heavy atom. The zero-order valence-corrected chi connectivity index (χ0v) is 18.7. The molecule has 0 amide bonds. The number of nitrogen functional groups attached to an aromatic ring is 1. The van der Waals surface area contributed by atoms with Crippen molar-refractivity contribution in [1.82, 2.24) is 0 Å². The summed E-state index contributed by atoms with van der Waals surface area (Å²) in [5.74, 6) is -1.99. The first-order chi connectivity index (χ1) is 15.8. The summed E-state index contributed by atoms with van der Waals surface area (Å²) in [6.07, 6.45) is 1.39. The fraction of sp³-hybridized carbons (Fsp3) is 0.158. The number of hydrogen-bond donors (Lipinski definition) is 5. The lowest BCUT2D eigenvalue weighted by atomic mass is 10.1. The van der Waals surface area contributed by atoms with E-state index in [4.69, 9.17) is 5.73 Å². The number of benzene rings is 3. The van der Waals surface area contributed by atoms with Gasteiger partial charge in [0, 0.05) is 28.6 Å². The standard InChI is InChI=1S/C19H16N4O9S2/c20-16-13(33(27,28)29)7-9-8-14(34(30,31)32)17(19(25)15(9)18(16)24)22-21-11-3-1-2-4-12(11)23(26)10-5-6-10/h1-4,7-8,10H,5-6H2,(H5-,20,21,22,24,25,26,27,28,29,30,31,32)/p+1. The second kappa shape index (κ2) is 7.98. The molecular weight excluding hydrogens is 492 g/mol. The van der Waals surface area contributed by atoms with E-state index in [1.165, 1.54) is 12.1 Å². The Kier molecular flexibility index (Phi) is 5.52. The van der Waals surface area contributed by atoms with E-state index in [0.29, 0.717) is 25.0 Å². The molecule has 13 nitrogen and oxygen atoms in total. The Balaban J connectivity index is 1.97. The molecule has 6 N–H and O–H groups in total. The van der Waals surface area contributed by atoms with Crippen LogP contribution >= 0.6 is 0 Å². The Morgan fingerprint density at radius 2 is 1.50 bits per heavy atom. The molecule has 1 aliphatic rings. The van der Waals surface area contributed by atoms with Crippen molar-refractivity contribution < 1.29 is 40.9 Å². The van der Waals surface area contributed by atoms with Crippen molar-refractivity contribution in [2.24, 2.45) is 10.2 Å². The Bertz CT molecular complexity index is 1610. The van der Waals surface area contributed by atoms with Crippen molar-refractivity contribution >= 4 is 53.8 Å². The van der Waals surface area contributed by atoms with Gasteiger partial charge in [-0.05, 0) is 23.6 Å². The van der Waals surface area contributed by atoms with Crippen LogP contribution in [0.1, 0.15) is 12.8 Å². The van der Waals surface area contributed by atoms with Crippen molar-refractivity contribution in [2.75, 3.05) is 5.73 Å². The smallest absolute Gasteiger partial charge is 0.296 e. The zero-order chi connectivity index (χ0) is 25.0. The summed E-state index contributed by atoms with van der Waals surface area (Å²) in [4.78, 5) is 10.5. The number of para-hydroxylation sites is 1. The first-order valence-corrected chi connectivity index (χ1v) is 12.4. The predicted molar refractivity (Wildman–Crippen MR) is 118 cm³/mol. The average Bonchev–Trinajstić information content (AvgIpc) is 3.58. The van der Waals surface area contributed by atoms with Crippen LogP contribution in [0.15, 0.2) is 56.4 Å². The van der Waals surface area contributed by atoms with Crippen molar-refractivity contribution in [3.63, 3.8) is 0 Å². The number of phenols is 2. The largest absolute Gasteiger partial charge is 0.505 e. The highest BCUT2D eigenvalue weighted by Gasteiger charge is 2.40. The number of fused-ring (bicyclic) bond motifs is 1. The van der Waals surface area contributed by atoms with Gasteiger partial charge in [-0.1, -0.05) is 12.1 Å². The summed E-state index contributed by atoms with van der Waals surface area (Å²) >= 11 is 0. The van der Waals surface area contributed by atoms with E-state index in [9.17, 15) is 41.1 Å².